The van der Waals surface area contributed by atoms with Gasteiger partial charge in [-0.1, -0.05) is 48.5 Å². The standard InChI is InChI=1S/C19H16N2O/c20-12-10-19(22)17(15-6-2-1-3-7-15)14-21-13-11-16-8-4-5-9-18(16)21/h1-9,14H,10-11,13H2/b17-14-. The van der Waals surface area contributed by atoms with Gasteiger partial charge in [-0.15, -0.1) is 0 Å². The smallest absolute Gasteiger partial charge is 0.178 e. The number of hydrogen-bond donors (Lipinski definition) is 0. The molecule has 0 saturated heterocycles. The van der Waals surface area contributed by atoms with Crippen molar-refractivity contribution in [3.63, 3.8) is 0 Å². The van der Waals surface area contributed by atoms with Crippen LogP contribution in [-0.2, 0) is 11.2 Å². The van der Waals surface area contributed by atoms with E-state index in [0.29, 0.717) is 5.57 Å². The monoisotopic (exact) mass is 288 g/mol. The molecular formula is C19H16N2O. The molecule has 108 valence electrons. The number of nitrogens with zero attached hydrogens (tertiary/aromatic N) is 2. The molecule has 1 heterocycles. The predicted molar refractivity (Wildman–Crippen MR) is 87.1 cm³/mol. The summed E-state index contributed by atoms with van der Waals surface area (Å²) < 4.78 is 0. The van der Waals surface area contributed by atoms with Gasteiger partial charge in [0.2, 0.25) is 0 Å². The van der Waals surface area contributed by atoms with Gasteiger partial charge < -0.3 is 4.90 Å². The molecule has 0 unspecified atom stereocenters. The number of Topliss-reactive ketones (excluding diaryl/α,β-unsaturated/α-hetero) is 1. The van der Waals surface area contributed by atoms with Gasteiger partial charge in [-0.3, -0.25) is 4.79 Å². The molecule has 2 aromatic rings. The molecular weight excluding hydrogens is 272 g/mol. The number of hydrogen-bond acceptors (Lipinski definition) is 3. The number of benzene rings is 2. The molecule has 0 atom stereocenters. The van der Waals surface area contributed by atoms with Crippen LogP contribution < -0.4 is 4.90 Å². The van der Waals surface area contributed by atoms with E-state index >= 15 is 0 Å². The van der Waals surface area contributed by atoms with Gasteiger partial charge in [-0.2, -0.15) is 5.26 Å². The Labute approximate surface area is 130 Å². The molecule has 0 aliphatic carbocycles. The third-order valence-electron chi connectivity index (χ3n) is 3.83. The van der Waals surface area contributed by atoms with Crippen molar-refractivity contribution in [1.82, 2.24) is 0 Å². The van der Waals surface area contributed by atoms with E-state index in [-0.39, 0.29) is 12.2 Å². The number of rotatable bonds is 4. The van der Waals surface area contributed by atoms with Crippen LogP contribution in [0.25, 0.3) is 5.57 Å². The first-order valence-corrected chi connectivity index (χ1v) is 7.31. The van der Waals surface area contributed by atoms with Crippen molar-refractivity contribution in [3.8, 4) is 6.07 Å². The van der Waals surface area contributed by atoms with Gasteiger partial charge >= 0.3 is 0 Å². The average Bonchev–Trinajstić information content (AvgIpc) is 2.97. The number of ketones is 1. The van der Waals surface area contributed by atoms with E-state index in [2.05, 4.69) is 17.0 Å². The Morgan fingerprint density at radius 2 is 1.86 bits per heavy atom. The Balaban J connectivity index is 2.00. The quantitative estimate of drug-likeness (QED) is 0.808. The van der Waals surface area contributed by atoms with Crippen LogP contribution in [-0.4, -0.2) is 12.3 Å². The zero-order chi connectivity index (χ0) is 15.4. The highest BCUT2D eigenvalue weighted by molar-refractivity contribution is 6.21. The highest BCUT2D eigenvalue weighted by atomic mass is 16.1. The average molecular weight is 288 g/mol. The summed E-state index contributed by atoms with van der Waals surface area (Å²) in [4.78, 5) is 14.4. The van der Waals surface area contributed by atoms with Crippen LogP contribution in [0.2, 0.25) is 0 Å². The molecule has 3 nitrogen and oxygen atoms in total. The lowest BCUT2D eigenvalue weighted by molar-refractivity contribution is -0.112. The summed E-state index contributed by atoms with van der Waals surface area (Å²) in [6.07, 6.45) is 2.76. The van der Waals surface area contributed by atoms with E-state index in [4.69, 9.17) is 5.26 Å². The lowest BCUT2D eigenvalue weighted by Crippen LogP contribution is -2.15. The fourth-order valence-corrected chi connectivity index (χ4v) is 2.75. The van der Waals surface area contributed by atoms with Crippen LogP contribution >= 0.6 is 0 Å². The van der Waals surface area contributed by atoms with Gasteiger partial charge in [0.1, 0.15) is 0 Å². The molecule has 22 heavy (non-hydrogen) atoms. The van der Waals surface area contributed by atoms with Gasteiger partial charge in [0.05, 0.1) is 12.5 Å². The molecule has 0 saturated carbocycles. The normalized spacial score (nSPS) is 13.6. The van der Waals surface area contributed by atoms with Crippen molar-refractivity contribution in [2.24, 2.45) is 0 Å². The van der Waals surface area contributed by atoms with E-state index in [9.17, 15) is 4.79 Å². The van der Waals surface area contributed by atoms with Crippen molar-refractivity contribution < 1.29 is 4.79 Å². The second kappa shape index (κ2) is 6.28. The summed E-state index contributed by atoms with van der Waals surface area (Å²) in [7, 11) is 0. The number of carbonyl (C=O) groups excluding carboxylic acids is 1. The van der Waals surface area contributed by atoms with E-state index in [0.717, 1.165) is 24.2 Å². The molecule has 3 rings (SSSR count). The van der Waals surface area contributed by atoms with Crippen LogP contribution in [0.4, 0.5) is 5.69 Å². The lowest BCUT2D eigenvalue weighted by Gasteiger charge is -2.16. The van der Waals surface area contributed by atoms with E-state index in [1.807, 2.05) is 54.7 Å². The maximum absolute atomic E-state index is 12.3. The van der Waals surface area contributed by atoms with Crippen LogP contribution in [0.3, 0.4) is 0 Å². The van der Waals surface area contributed by atoms with Crippen LogP contribution in [0.1, 0.15) is 17.5 Å². The van der Waals surface area contributed by atoms with Crippen LogP contribution in [0.5, 0.6) is 0 Å². The third-order valence-corrected chi connectivity index (χ3v) is 3.83. The molecule has 0 bridgehead atoms. The zero-order valence-corrected chi connectivity index (χ0v) is 12.2. The molecule has 1 aliphatic heterocycles. The van der Waals surface area contributed by atoms with E-state index in [1.165, 1.54) is 5.56 Å². The first-order chi connectivity index (χ1) is 10.8. The number of fused-ring (bicyclic) bond motifs is 1. The van der Waals surface area contributed by atoms with E-state index in [1.54, 1.807) is 0 Å². The van der Waals surface area contributed by atoms with E-state index < -0.39 is 0 Å². The predicted octanol–water partition coefficient (Wildman–Crippen LogP) is 3.57. The molecule has 0 spiro atoms. The summed E-state index contributed by atoms with van der Waals surface area (Å²) in [5.74, 6) is -0.141. The largest absolute Gasteiger partial charge is 0.347 e. The summed E-state index contributed by atoms with van der Waals surface area (Å²) in [5, 5.41) is 8.84. The molecule has 0 radical (unpaired) electrons. The number of nitriles is 1. The maximum atomic E-state index is 12.3. The fraction of sp³-hybridized carbons (Fsp3) is 0.158. The maximum Gasteiger partial charge on any atom is 0.178 e. The van der Waals surface area contributed by atoms with Crippen molar-refractivity contribution >= 4 is 17.0 Å². The van der Waals surface area contributed by atoms with Crippen molar-refractivity contribution in [1.29, 1.82) is 5.26 Å². The van der Waals surface area contributed by atoms with Crippen LogP contribution in [0.15, 0.2) is 60.8 Å². The van der Waals surface area contributed by atoms with Gasteiger partial charge in [-0.05, 0) is 23.6 Å². The number of anilines is 1. The minimum atomic E-state index is -0.141. The lowest BCUT2D eigenvalue weighted by atomic mass is 10.0. The number of carbonyl (C=O) groups is 1. The molecule has 2 aromatic carbocycles. The third kappa shape index (κ3) is 2.77. The Morgan fingerprint density at radius 3 is 2.64 bits per heavy atom. The Bertz CT molecular complexity index is 757. The minimum Gasteiger partial charge on any atom is -0.347 e. The van der Waals surface area contributed by atoms with Crippen molar-refractivity contribution in [3.05, 3.63) is 71.9 Å². The molecule has 0 amide bonds. The van der Waals surface area contributed by atoms with Gasteiger partial charge in [0.15, 0.2) is 5.78 Å². The first kappa shape index (κ1) is 14.1. The molecule has 1 aliphatic rings. The minimum absolute atomic E-state index is 0.101. The van der Waals surface area contributed by atoms with Gasteiger partial charge in [0.25, 0.3) is 0 Å². The second-order valence-corrected chi connectivity index (χ2v) is 5.24. The molecule has 0 aromatic heterocycles. The van der Waals surface area contributed by atoms with Gasteiger partial charge in [0, 0.05) is 24.0 Å². The van der Waals surface area contributed by atoms with Crippen molar-refractivity contribution in [2.75, 3.05) is 11.4 Å². The summed E-state index contributed by atoms with van der Waals surface area (Å²) in [5.41, 5.74) is 3.88. The number of allylic oxidation sites excluding steroid dienone is 1. The molecule has 0 fully saturated rings. The number of para-hydroxylation sites is 1. The highest BCUT2D eigenvalue weighted by Crippen LogP contribution is 2.29. The summed E-state index contributed by atoms with van der Waals surface area (Å²) in [6.45, 7) is 0.857. The second-order valence-electron chi connectivity index (χ2n) is 5.24. The first-order valence-electron chi connectivity index (χ1n) is 7.31. The topological polar surface area (TPSA) is 44.1 Å². The molecule has 3 heteroatoms. The SMILES string of the molecule is N#CCC(=O)/C(=C\N1CCc2ccccc21)c1ccccc1. The highest BCUT2D eigenvalue weighted by Gasteiger charge is 2.19. The van der Waals surface area contributed by atoms with Crippen LogP contribution in [0, 0.1) is 11.3 Å². The summed E-state index contributed by atoms with van der Waals surface area (Å²) >= 11 is 0. The Hall–Kier alpha value is -2.86. The molecule has 0 N–H and O–H groups in total. The Morgan fingerprint density at radius 1 is 1.14 bits per heavy atom. The fourth-order valence-electron chi connectivity index (χ4n) is 2.75. The van der Waals surface area contributed by atoms with Gasteiger partial charge in [-0.25, -0.2) is 0 Å². The van der Waals surface area contributed by atoms with Crippen molar-refractivity contribution in [2.45, 2.75) is 12.8 Å². The zero-order valence-electron chi connectivity index (χ0n) is 12.2. The Kier molecular flexibility index (Phi) is 4.02. The summed E-state index contributed by atoms with van der Waals surface area (Å²) in [6, 6.07) is 19.7.